The van der Waals surface area contributed by atoms with Crippen molar-refractivity contribution in [3.05, 3.63) is 35.6 Å². The zero-order chi connectivity index (χ0) is 16.6. The van der Waals surface area contributed by atoms with Gasteiger partial charge in [-0.15, -0.1) is 0 Å². The van der Waals surface area contributed by atoms with Crippen molar-refractivity contribution in [2.75, 3.05) is 33.7 Å². The number of furan rings is 1. The molecular weight excluding hydrogens is 292 g/mol. The van der Waals surface area contributed by atoms with Crippen LogP contribution in [0.3, 0.4) is 0 Å². The van der Waals surface area contributed by atoms with Gasteiger partial charge < -0.3 is 19.3 Å². The SMILES string of the molecule is Cc1ccc2c(CC(=O)N3CC[C@](O)(CN(C)C)C3)coc2c1. The number of carbonyl (C=O) groups is 1. The number of aryl methyl sites for hydroxylation is 1. The van der Waals surface area contributed by atoms with Gasteiger partial charge >= 0.3 is 0 Å². The third kappa shape index (κ3) is 3.41. The van der Waals surface area contributed by atoms with E-state index in [1.807, 2.05) is 44.1 Å². The van der Waals surface area contributed by atoms with Crippen LogP contribution < -0.4 is 0 Å². The van der Waals surface area contributed by atoms with E-state index in [-0.39, 0.29) is 5.91 Å². The molecule has 1 aromatic carbocycles. The molecule has 1 aromatic heterocycles. The van der Waals surface area contributed by atoms with Crippen LogP contribution in [0.5, 0.6) is 0 Å². The predicted octanol–water partition coefficient (Wildman–Crippen LogP) is 1.81. The van der Waals surface area contributed by atoms with Gasteiger partial charge in [-0.1, -0.05) is 12.1 Å². The van der Waals surface area contributed by atoms with E-state index in [4.69, 9.17) is 4.42 Å². The van der Waals surface area contributed by atoms with Crippen LogP contribution in [0.2, 0.25) is 0 Å². The van der Waals surface area contributed by atoms with E-state index >= 15 is 0 Å². The maximum atomic E-state index is 12.6. The Morgan fingerprint density at radius 1 is 1.43 bits per heavy atom. The van der Waals surface area contributed by atoms with E-state index in [9.17, 15) is 9.90 Å². The molecule has 1 N–H and O–H groups in total. The summed E-state index contributed by atoms with van der Waals surface area (Å²) in [4.78, 5) is 16.3. The average molecular weight is 316 g/mol. The molecule has 5 heteroatoms. The highest BCUT2D eigenvalue weighted by Crippen LogP contribution is 2.26. The van der Waals surface area contributed by atoms with Gasteiger partial charge in [-0.05, 0) is 39.1 Å². The van der Waals surface area contributed by atoms with Gasteiger partial charge in [0.2, 0.25) is 5.91 Å². The van der Waals surface area contributed by atoms with Crippen molar-refractivity contribution in [2.45, 2.75) is 25.4 Å². The highest BCUT2D eigenvalue weighted by Gasteiger charge is 2.38. The fraction of sp³-hybridized carbons (Fsp3) is 0.500. The van der Waals surface area contributed by atoms with E-state index in [0.717, 1.165) is 22.1 Å². The third-order valence-electron chi connectivity index (χ3n) is 4.45. The molecule has 0 radical (unpaired) electrons. The molecule has 1 aliphatic heterocycles. The van der Waals surface area contributed by atoms with E-state index < -0.39 is 5.60 Å². The molecule has 124 valence electrons. The van der Waals surface area contributed by atoms with Crippen molar-refractivity contribution in [1.82, 2.24) is 9.80 Å². The highest BCUT2D eigenvalue weighted by molar-refractivity contribution is 5.88. The van der Waals surface area contributed by atoms with Gasteiger partial charge in [0, 0.05) is 24.0 Å². The van der Waals surface area contributed by atoms with E-state index in [0.29, 0.717) is 32.5 Å². The number of fused-ring (bicyclic) bond motifs is 1. The number of hydrogen-bond acceptors (Lipinski definition) is 4. The molecule has 3 rings (SSSR count). The first-order valence-corrected chi connectivity index (χ1v) is 7.98. The first kappa shape index (κ1) is 16.0. The van der Waals surface area contributed by atoms with Gasteiger partial charge in [-0.2, -0.15) is 0 Å². The Balaban J connectivity index is 1.70. The molecule has 0 bridgehead atoms. The quantitative estimate of drug-likeness (QED) is 0.934. The minimum atomic E-state index is -0.797. The van der Waals surface area contributed by atoms with Crippen molar-refractivity contribution < 1.29 is 14.3 Å². The van der Waals surface area contributed by atoms with Gasteiger partial charge in [-0.3, -0.25) is 4.79 Å². The van der Waals surface area contributed by atoms with Crippen LogP contribution in [0.25, 0.3) is 11.0 Å². The molecule has 23 heavy (non-hydrogen) atoms. The van der Waals surface area contributed by atoms with Crippen LogP contribution in [-0.2, 0) is 11.2 Å². The van der Waals surface area contributed by atoms with Crippen molar-refractivity contribution in [3.63, 3.8) is 0 Å². The second-order valence-electron chi connectivity index (χ2n) is 6.96. The molecule has 0 aliphatic carbocycles. The lowest BCUT2D eigenvalue weighted by Gasteiger charge is -2.26. The maximum absolute atomic E-state index is 12.6. The molecule has 5 nitrogen and oxygen atoms in total. The topological polar surface area (TPSA) is 56.9 Å². The molecule has 0 unspecified atom stereocenters. The largest absolute Gasteiger partial charge is 0.464 e. The second kappa shape index (κ2) is 5.98. The van der Waals surface area contributed by atoms with Crippen molar-refractivity contribution >= 4 is 16.9 Å². The molecule has 1 atom stereocenters. The number of carbonyl (C=O) groups excluding carboxylic acids is 1. The number of amides is 1. The van der Waals surface area contributed by atoms with Crippen LogP contribution in [0.4, 0.5) is 0 Å². The molecule has 1 fully saturated rings. The number of hydrogen-bond donors (Lipinski definition) is 1. The Morgan fingerprint density at radius 3 is 2.96 bits per heavy atom. The Kier molecular flexibility index (Phi) is 4.17. The Hall–Kier alpha value is -1.85. The highest BCUT2D eigenvalue weighted by atomic mass is 16.3. The Labute approximate surface area is 136 Å². The number of likely N-dealkylation sites (N-methyl/N-ethyl adjacent to an activating group) is 1. The number of likely N-dealkylation sites (tertiary alicyclic amines) is 1. The lowest BCUT2D eigenvalue weighted by molar-refractivity contribution is -0.130. The molecule has 2 aromatic rings. The first-order chi connectivity index (χ1) is 10.9. The maximum Gasteiger partial charge on any atom is 0.227 e. The smallest absolute Gasteiger partial charge is 0.227 e. The van der Waals surface area contributed by atoms with E-state index in [1.165, 1.54) is 0 Å². The number of rotatable bonds is 4. The Bertz CT molecular complexity index is 722. The minimum Gasteiger partial charge on any atom is -0.464 e. The van der Waals surface area contributed by atoms with Crippen LogP contribution >= 0.6 is 0 Å². The van der Waals surface area contributed by atoms with Gasteiger partial charge in [0.15, 0.2) is 0 Å². The summed E-state index contributed by atoms with van der Waals surface area (Å²) in [6.07, 6.45) is 2.61. The standard InChI is InChI=1S/C18H24N2O3/c1-13-4-5-15-14(10-23-16(15)8-13)9-17(21)20-7-6-18(22,12-20)11-19(2)3/h4-5,8,10,22H,6-7,9,11-12H2,1-3H3/t18-/m0/s1. The van der Waals surface area contributed by atoms with Gasteiger partial charge in [-0.25, -0.2) is 0 Å². The van der Waals surface area contributed by atoms with Gasteiger partial charge in [0.05, 0.1) is 24.8 Å². The van der Waals surface area contributed by atoms with Crippen molar-refractivity contribution in [2.24, 2.45) is 0 Å². The van der Waals surface area contributed by atoms with E-state index in [2.05, 4.69) is 0 Å². The summed E-state index contributed by atoms with van der Waals surface area (Å²) < 4.78 is 5.56. The van der Waals surface area contributed by atoms with E-state index in [1.54, 1.807) is 11.2 Å². The fourth-order valence-corrected chi connectivity index (χ4v) is 3.39. The first-order valence-electron chi connectivity index (χ1n) is 7.98. The summed E-state index contributed by atoms with van der Waals surface area (Å²) in [7, 11) is 3.87. The average Bonchev–Trinajstić information content (AvgIpc) is 3.02. The molecular formula is C18H24N2O3. The summed E-state index contributed by atoms with van der Waals surface area (Å²) in [5, 5.41) is 11.5. The lowest BCUT2D eigenvalue weighted by atomic mass is 10.0. The lowest BCUT2D eigenvalue weighted by Crippen LogP contribution is -2.43. The number of nitrogens with zero attached hydrogens (tertiary/aromatic N) is 2. The van der Waals surface area contributed by atoms with Crippen LogP contribution in [0, 0.1) is 6.92 Å². The number of benzene rings is 1. The molecule has 1 saturated heterocycles. The zero-order valence-electron chi connectivity index (χ0n) is 14.0. The fourth-order valence-electron chi connectivity index (χ4n) is 3.39. The predicted molar refractivity (Wildman–Crippen MR) is 89.4 cm³/mol. The minimum absolute atomic E-state index is 0.0444. The van der Waals surface area contributed by atoms with Gasteiger partial charge in [0.1, 0.15) is 5.58 Å². The number of β-amino-alcohol motifs (C(OH)–C–C–N with tert-alkyl or cyclic N) is 1. The van der Waals surface area contributed by atoms with Crippen LogP contribution in [0.1, 0.15) is 17.5 Å². The molecule has 2 heterocycles. The van der Waals surface area contributed by atoms with Crippen LogP contribution in [-0.4, -0.2) is 60.1 Å². The summed E-state index contributed by atoms with van der Waals surface area (Å²) in [6.45, 7) is 3.60. The second-order valence-corrected chi connectivity index (χ2v) is 6.96. The number of aliphatic hydroxyl groups is 1. The van der Waals surface area contributed by atoms with Gasteiger partial charge in [0.25, 0.3) is 0 Å². The van der Waals surface area contributed by atoms with Crippen LogP contribution in [0.15, 0.2) is 28.9 Å². The summed E-state index contributed by atoms with van der Waals surface area (Å²) in [6, 6.07) is 6.01. The zero-order valence-corrected chi connectivity index (χ0v) is 14.0. The van der Waals surface area contributed by atoms with Crippen molar-refractivity contribution in [3.8, 4) is 0 Å². The Morgan fingerprint density at radius 2 is 2.22 bits per heavy atom. The molecule has 0 saturated carbocycles. The molecule has 1 amide bonds. The normalized spacial score (nSPS) is 21.5. The summed E-state index contributed by atoms with van der Waals surface area (Å²) in [5.74, 6) is 0.0444. The monoisotopic (exact) mass is 316 g/mol. The van der Waals surface area contributed by atoms with Crippen molar-refractivity contribution in [1.29, 1.82) is 0 Å². The third-order valence-corrected chi connectivity index (χ3v) is 4.45. The summed E-state index contributed by atoms with van der Waals surface area (Å²) in [5.41, 5.74) is 2.07. The summed E-state index contributed by atoms with van der Waals surface area (Å²) >= 11 is 0. The molecule has 0 spiro atoms. The molecule has 1 aliphatic rings.